The van der Waals surface area contributed by atoms with Crippen molar-refractivity contribution in [3.05, 3.63) is 64.9 Å². The first-order chi connectivity index (χ1) is 11.2. The zero-order valence-corrected chi connectivity index (χ0v) is 14.3. The summed E-state index contributed by atoms with van der Waals surface area (Å²) in [5.74, 6) is 1.34. The van der Waals surface area contributed by atoms with E-state index in [0.717, 1.165) is 34.8 Å². The van der Waals surface area contributed by atoms with Gasteiger partial charge in [-0.1, -0.05) is 48.9 Å². The Morgan fingerprint density at radius 1 is 1.17 bits per heavy atom. The van der Waals surface area contributed by atoms with Crippen LogP contribution in [0, 0.1) is 0 Å². The van der Waals surface area contributed by atoms with Gasteiger partial charge in [0.1, 0.15) is 5.82 Å². The topological polar surface area (TPSA) is 27.1 Å². The summed E-state index contributed by atoms with van der Waals surface area (Å²) in [5, 5.41) is 0.732. The molecule has 0 spiro atoms. The second kappa shape index (κ2) is 7.16. The van der Waals surface area contributed by atoms with Crippen LogP contribution in [-0.4, -0.2) is 23.3 Å². The highest BCUT2D eigenvalue weighted by Crippen LogP contribution is 2.31. The highest BCUT2D eigenvalue weighted by Gasteiger charge is 2.20. The molecule has 0 aliphatic heterocycles. The maximum Gasteiger partial charge on any atom is 0.117 e. The molecule has 0 bridgehead atoms. The molecule has 0 saturated heterocycles. The molecule has 0 fully saturated rings. The monoisotopic (exact) mass is 328 g/mol. The van der Waals surface area contributed by atoms with Crippen LogP contribution in [-0.2, 0) is 11.3 Å². The average molecular weight is 329 g/mol. The van der Waals surface area contributed by atoms with E-state index >= 15 is 0 Å². The van der Waals surface area contributed by atoms with Crippen LogP contribution < -0.4 is 0 Å². The second-order valence-electron chi connectivity index (χ2n) is 5.62. The molecule has 0 saturated carbocycles. The molecular weight excluding hydrogens is 308 g/mol. The number of imidazole rings is 1. The van der Waals surface area contributed by atoms with Crippen LogP contribution in [0.25, 0.3) is 11.0 Å². The van der Waals surface area contributed by atoms with Crippen LogP contribution in [0.4, 0.5) is 0 Å². The number of benzene rings is 2. The predicted octanol–water partition coefficient (Wildman–Crippen LogP) is 4.88. The molecule has 3 rings (SSSR count). The maximum atomic E-state index is 6.19. The molecule has 1 heterocycles. The first-order valence-corrected chi connectivity index (χ1v) is 8.32. The Balaban J connectivity index is 2.14. The highest BCUT2D eigenvalue weighted by molar-refractivity contribution is 6.31. The third-order valence-corrected chi connectivity index (χ3v) is 4.42. The van der Waals surface area contributed by atoms with Crippen LogP contribution in [0.5, 0.6) is 0 Å². The van der Waals surface area contributed by atoms with Crippen molar-refractivity contribution in [2.24, 2.45) is 0 Å². The first-order valence-electron chi connectivity index (χ1n) is 7.94. The van der Waals surface area contributed by atoms with Crippen molar-refractivity contribution >= 4 is 22.6 Å². The van der Waals surface area contributed by atoms with Gasteiger partial charge in [-0.25, -0.2) is 4.98 Å². The van der Waals surface area contributed by atoms with Gasteiger partial charge in [-0.2, -0.15) is 0 Å². The van der Waals surface area contributed by atoms with Crippen molar-refractivity contribution in [1.29, 1.82) is 0 Å². The van der Waals surface area contributed by atoms with Crippen LogP contribution in [0.3, 0.4) is 0 Å². The molecule has 3 aromatic rings. The lowest BCUT2D eigenvalue weighted by atomic mass is 9.95. The van der Waals surface area contributed by atoms with Gasteiger partial charge < -0.3 is 9.30 Å². The van der Waals surface area contributed by atoms with Gasteiger partial charge in [0.15, 0.2) is 0 Å². The molecular formula is C19H21ClN2O. The molecule has 1 unspecified atom stereocenters. The molecule has 1 aromatic heterocycles. The number of methoxy groups -OCH3 is 1. The maximum absolute atomic E-state index is 6.19. The highest BCUT2D eigenvalue weighted by atomic mass is 35.5. The number of ether oxygens (including phenoxy) is 1. The number of halogens is 1. The Bertz CT molecular complexity index is 783. The van der Waals surface area contributed by atoms with E-state index in [1.54, 1.807) is 7.11 Å². The molecule has 3 nitrogen and oxygen atoms in total. The zero-order valence-electron chi connectivity index (χ0n) is 13.5. The van der Waals surface area contributed by atoms with Gasteiger partial charge in [-0.3, -0.25) is 0 Å². The molecule has 0 aliphatic carbocycles. The van der Waals surface area contributed by atoms with Crippen LogP contribution in [0.1, 0.15) is 30.7 Å². The fourth-order valence-corrected chi connectivity index (χ4v) is 3.22. The van der Waals surface area contributed by atoms with E-state index in [0.29, 0.717) is 6.61 Å². The fraction of sp³-hybridized carbons (Fsp3) is 0.316. The minimum atomic E-state index is 0.263. The normalized spacial score (nSPS) is 12.7. The molecule has 2 aromatic carbocycles. The molecule has 0 amide bonds. The van der Waals surface area contributed by atoms with E-state index in [1.807, 2.05) is 24.3 Å². The Morgan fingerprint density at radius 2 is 1.96 bits per heavy atom. The van der Waals surface area contributed by atoms with Crippen molar-refractivity contribution in [3.63, 3.8) is 0 Å². The number of hydrogen-bond acceptors (Lipinski definition) is 2. The SMILES string of the molecule is CCC(c1ccccc1)c1nc2ccc(Cl)cc2n1CCOC. The van der Waals surface area contributed by atoms with Crippen LogP contribution >= 0.6 is 11.6 Å². The van der Waals surface area contributed by atoms with E-state index < -0.39 is 0 Å². The third kappa shape index (κ3) is 3.26. The summed E-state index contributed by atoms with van der Waals surface area (Å²) < 4.78 is 7.53. The smallest absolute Gasteiger partial charge is 0.117 e. The lowest BCUT2D eigenvalue weighted by molar-refractivity contribution is 0.187. The van der Waals surface area contributed by atoms with Gasteiger partial charge in [0.2, 0.25) is 0 Å². The molecule has 0 aliphatic rings. The van der Waals surface area contributed by atoms with Crippen molar-refractivity contribution in [1.82, 2.24) is 9.55 Å². The summed E-state index contributed by atoms with van der Waals surface area (Å²) in [5.41, 5.74) is 3.34. The summed E-state index contributed by atoms with van der Waals surface area (Å²) in [6, 6.07) is 16.4. The Hall–Kier alpha value is -1.84. The summed E-state index contributed by atoms with van der Waals surface area (Å²) in [7, 11) is 1.72. The molecule has 23 heavy (non-hydrogen) atoms. The number of fused-ring (bicyclic) bond motifs is 1. The minimum absolute atomic E-state index is 0.263. The van der Waals surface area contributed by atoms with Crippen LogP contribution in [0.2, 0.25) is 5.02 Å². The largest absolute Gasteiger partial charge is 0.383 e. The van der Waals surface area contributed by atoms with E-state index in [4.69, 9.17) is 21.3 Å². The van der Waals surface area contributed by atoms with Crippen molar-refractivity contribution in [2.45, 2.75) is 25.8 Å². The summed E-state index contributed by atoms with van der Waals surface area (Å²) in [4.78, 5) is 4.90. The molecule has 0 N–H and O–H groups in total. The van der Waals surface area contributed by atoms with Gasteiger partial charge in [0.05, 0.1) is 17.6 Å². The predicted molar refractivity (Wildman–Crippen MR) is 95.2 cm³/mol. The van der Waals surface area contributed by atoms with E-state index in [9.17, 15) is 0 Å². The summed E-state index contributed by atoms with van der Waals surface area (Å²) >= 11 is 6.19. The lowest BCUT2D eigenvalue weighted by Crippen LogP contribution is -2.13. The Labute approximate surface area is 141 Å². The van der Waals surface area contributed by atoms with Gasteiger partial charge in [0.25, 0.3) is 0 Å². The third-order valence-electron chi connectivity index (χ3n) is 4.18. The van der Waals surface area contributed by atoms with E-state index in [-0.39, 0.29) is 5.92 Å². The number of nitrogens with zero attached hydrogens (tertiary/aromatic N) is 2. The zero-order chi connectivity index (χ0) is 16.2. The number of rotatable bonds is 6. The molecule has 120 valence electrons. The molecule has 1 atom stereocenters. The van der Waals surface area contributed by atoms with Crippen molar-refractivity contribution in [2.75, 3.05) is 13.7 Å². The van der Waals surface area contributed by atoms with E-state index in [2.05, 4.69) is 35.8 Å². The fourth-order valence-electron chi connectivity index (χ4n) is 3.05. The number of aromatic nitrogens is 2. The van der Waals surface area contributed by atoms with Crippen LogP contribution in [0.15, 0.2) is 48.5 Å². The quantitative estimate of drug-likeness (QED) is 0.645. The van der Waals surface area contributed by atoms with Gasteiger partial charge >= 0.3 is 0 Å². The Kier molecular flexibility index (Phi) is 4.99. The molecule has 4 heteroatoms. The summed E-state index contributed by atoms with van der Waals surface area (Å²) in [6.07, 6.45) is 0.994. The molecule has 0 radical (unpaired) electrons. The second-order valence-corrected chi connectivity index (χ2v) is 6.06. The Morgan fingerprint density at radius 3 is 2.65 bits per heavy atom. The number of hydrogen-bond donors (Lipinski definition) is 0. The minimum Gasteiger partial charge on any atom is -0.383 e. The van der Waals surface area contributed by atoms with Crippen molar-refractivity contribution in [3.8, 4) is 0 Å². The standard InChI is InChI=1S/C19H21ClN2O/c1-3-16(14-7-5-4-6-8-14)19-21-17-10-9-15(20)13-18(17)22(19)11-12-23-2/h4-10,13,16H,3,11-12H2,1-2H3. The first kappa shape index (κ1) is 16.0. The van der Waals surface area contributed by atoms with Crippen molar-refractivity contribution < 1.29 is 4.74 Å². The lowest BCUT2D eigenvalue weighted by Gasteiger charge is -2.17. The van der Waals surface area contributed by atoms with Gasteiger partial charge in [0, 0.05) is 24.6 Å². The van der Waals surface area contributed by atoms with Gasteiger partial charge in [-0.05, 0) is 30.2 Å². The van der Waals surface area contributed by atoms with Gasteiger partial charge in [-0.15, -0.1) is 0 Å². The summed E-state index contributed by atoms with van der Waals surface area (Å²) in [6.45, 7) is 3.62. The average Bonchev–Trinajstić information content (AvgIpc) is 2.92. The van der Waals surface area contributed by atoms with E-state index in [1.165, 1.54) is 5.56 Å².